The molecular weight excluding hydrogens is 546 g/mol. The van der Waals surface area contributed by atoms with Gasteiger partial charge in [0.25, 0.3) is 15.9 Å². The number of carbonyl (C=O) groups is 1. The van der Waals surface area contributed by atoms with E-state index in [2.05, 4.69) is 15.3 Å². The summed E-state index contributed by atoms with van der Waals surface area (Å²) in [5, 5.41) is 3.57. The Morgan fingerprint density at radius 2 is 1.88 bits per heavy atom. The molecule has 1 N–H and O–H groups in total. The van der Waals surface area contributed by atoms with E-state index in [1.54, 1.807) is 55.6 Å². The summed E-state index contributed by atoms with van der Waals surface area (Å²) in [7, 11) is -0.796. The van der Waals surface area contributed by atoms with Crippen molar-refractivity contribution in [3.63, 3.8) is 0 Å². The fraction of sp³-hybridized carbons (Fsp3) is 0.345. The maximum Gasteiger partial charge on any atom is 0.269 e. The SMILES string of the molecule is CCOc1nc(Nc2ccc(C(=O)N3CCCC3COC)cc2OC)nc2c1ccn2S(=O)(=O)c1ccc(C)cc1. The molecule has 2 aromatic carbocycles. The summed E-state index contributed by atoms with van der Waals surface area (Å²) < 4.78 is 44.8. The molecule has 1 aliphatic rings. The standard InChI is InChI=1S/C29H33N5O6S/c1-5-40-27-23-14-16-34(41(36,37)22-11-8-19(2)9-12-22)26(23)31-29(32-27)30-24-13-10-20(17-25(24)39-4)28(35)33-15-6-7-21(33)18-38-3/h8-14,16-17,21H,5-7,15,18H2,1-4H3,(H,30,31,32). The van der Waals surface area contributed by atoms with Crippen LogP contribution >= 0.6 is 0 Å². The number of fused-ring (bicyclic) bond motifs is 1. The number of hydrogen-bond acceptors (Lipinski definition) is 9. The number of nitrogens with zero attached hydrogens (tertiary/aromatic N) is 4. The maximum atomic E-state index is 13.5. The average Bonchev–Trinajstić information content (AvgIpc) is 3.61. The zero-order valence-electron chi connectivity index (χ0n) is 23.5. The van der Waals surface area contributed by atoms with Gasteiger partial charge in [0.15, 0.2) is 5.65 Å². The minimum atomic E-state index is -3.94. The van der Waals surface area contributed by atoms with Crippen molar-refractivity contribution in [1.82, 2.24) is 18.8 Å². The number of aryl methyl sites for hydroxylation is 1. The molecule has 1 saturated heterocycles. The summed E-state index contributed by atoms with van der Waals surface area (Å²) in [6.45, 7) is 5.20. The molecule has 1 fully saturated rings. The Balaban J connectivity index is 1.50. The minimum absolute atomic E-state index is 0.0424. The number of methoxy groups -OCH3 is 2. The Hall–Kier alpha value is -4.16. The van der Waals surface area contributed by atoms with Gasteiger partial charge in [0.05, 0.1) is 42.3 Å². The molecule has 0 aliphatic carbocycles. The number of rotatable bonds is 10. The second kappa shape index (κ2) is 11.8. The molecule has 0 spiro atoms. The average molecular weight is 580 g/mol. The molecule has 0 bridgehead atoms. The van der Waals surface area contributed by atoms with Gasteiger partial charge in [-0.1, -0.05) is 17.7 Å². The van der Waals surface area contributed by atoms with Gasteiger partial charge in [-0.05, 0) is 63.1 Å². The molecule has 1 unspecified atom stereocenters. The van der Waals surface area contributed by atoms with E-state index in [4.69, 9.17) is 14.2 Å². The predicted octanol–water partition coefficient (Wildman–Crippen LogP) is 4.38. The van der Waals surface area contributed by atoms with Gasteiger partial charge < -0.3 is 24.4 Å². The molecule has 0 radical (unpaired) electrons. The molecule has 41 heavy (non-hydrogen) atoms. The van der Waals surface area contributed by atoms with Crippen LogP contribution in [0.5, 0.6) is 11.6 Å². The first-order valence-electron chi connectivity index (χ1n) is 13.4. The summed E-state index contributed by atoms with van der Waals surface area (Å²) in [4.78, 5) is 24.3. The summed E-state index contributed by atoms with van der Waals surface area (Å²) in [6.07, 6.45) is 3.27. The highest BCUT2D eigenvalue weighted by Crippen LogP contribution is 2.33. The third-order valence-electron chi connectivity index (χ3n) is 7.03. The number of nitrogens with one attached hydrogen (secondary N) is 1. The van der Waals surface area contributed by atoms with Crippen LogP contribution < -0.4 is 14.8 Å². The second-order valence-electron chi connectivity index (χ2n) is 9.74. The molecule has 2 aromatic heterocycles. The van der Waals surface area contributed by atoms with Crippen LogP contribution in [0.4, 0.5) is 11.6 Å². The smallest absolute Gasteiger partial charge is 0.269 e. The number of carbonyl (C=O) groups excluding carboxylic acids is 1. The summed E-state index contributed by atoms with van der Waals surface area (Å²) in [6, 6.07) is 13.4. The second-order valence-corrected chi connectivity index (χ2v) is 11.6. The van der Waals surface area contributed by atoms with Crippen LogP contribution in [0.1, 0.15) is 35.7 Å². The van der Waals surface area contributed by atoms with E-state index in [0.29, 0.717) is 42.1 Å². The van der Waals surface area contributed by atoms with Gasteiger partial charge in [-0.15, -0.1) is 0 Å². The molecule has 4 aromatic rings. The minimum Gasteiger partial charge on any atom is -0.495 e. The highest BCUT2D eigenvalue weighted by molar-refractivity contribution is 7.90. The number of likely N-dealkylation sites (tertiary alicyclic amines) is 1. The van der Waals surface area contributed by atoms with Crippen LogP contribution in [-0.4, -0.2) is 73.2 Å². The lowest BCUT2D eigenvalue weighted by Gasteiger charge is -2.24. The van der Waals surface area contributed by atoms with Crippen LogP contribution in [0.2, 0.25) is 0 Å². The van der Waals surface area contributed by atoms with Crippen LogP contribution in [0, 0.1) is 6.92 Å². The lowest BCUT2D eigenvalue weighted by atomic mass is 10.1. The van der Waals surface area contributed by atoms with Gasteiger partial charge in [-0.3, -0.25) is 4.79 Å². The molecule has 0 saturated carbocycles. The predicted molar refractivity (Wildman–Crippen MR) is 155 cm³/mol. The number of amides is 1. The third-order valence-corrected chi connectivity index (χ3v) is 8.71. The molecule has 3 heterocycles. The third kappa shape index (κ3) is 5.57. The van der Waals surface area contributed by atoms with Gasteiger partial charge in [0.1, 0.15) is 5.75 Å². The van der Waals surface area contributed by atoms with Crippen molar-refractivity contribution in [2.75, 3.05) is 39.3 Å². The van der Waals surface area contributed by atoms with Crippen molar-refractivity contribution in [1.29, 1.82) is 0 Å². The number of hydrogen-bond donors (Lipinski definition) is 1. The van der Waals surface area contributed by atoms with Crippen molar-refractivity contribution in [3.8, 4) is 11.6 Å². The van der Waals surface area contributed by atoms with Crippen LogP contribution in [0.3, 0.4) is 0 Å². The fourth-order valence-electron chi connectivity index (χ4n) is 4.97. The van der Waals surface area contributed by atoms with E-state index >= 15 is 0 Å². The van der Waals surface area contributed by atoms with Gasteiger partial charge in [0, 0.05) is 25.4 Å². The van der Waals surface area contributed by atoms with Crippen molar-refractivity contribution in [2.24, 2.45) is 0 Å². The van der Waals surface area contributed by atoms with Gasteiger partial charge in [-0.2, -0.15) is 9.97 Å². The molecule has 1 atom stereocenters. The van der Waals surface area contributed by atoms with E-state index in [-0.39, 0.29) is 34.3 Å². The molecule has 5 rings (SSSR count). The highest BCUT2D eigenvalue weighted by Gasteiger charge is 2.30. The Bertz CT molecular complexity index is 1670. The quantitative estimate of drug-likeness (QED) is 0.291. The first kappa shape index (κ1) is 28.4. The van der Waals surface area contributed by atoms with Gasteiger partial charge in [-0.25, -0.2) is 12.4 Å². The van der Waals surface area contributed by atoms with Crippen LogP contribution in [0.25, 0.3) is 11.0 Å². The fourth-order valence-corrected chi connectivity index (χ4v) is 6.26. The first-order valence-corrected chi connectivity index (χ1v) is 14.8. The highest BCUT2D eigenvalue weighted by atomic mass is 32.2. The van der Waals surface area contributed by atoms with Gasteiger partial charge in [0.2, 0.25) is 11.8 Å². The van der Waals surface area contributed by atoms with E-state index in [9.17, 15) is 13.2 Å². The van der Waals surface area contributed by atoms with Crippen molar-refractivity contribution < 1.29 is 27.4 Å². The lowest BCUT2D eigenvalue weighted by Crippen LogP contribution is -2.38. The number of aromatic nitrogens is 3. The maximum absolute atomic E-state index is 13.5. The van der Waals surface area contributed by atoms with E-state index in [0.717, 1.165) is 22.4 Å². The largest absolute Gasteiger partial charge is 0.495 e. The summed E-state index contributed by atoms with van der Waals surface area (Å²) in [5.74, 6) is 0.659. The normalized spacial score (nSPS) is 15.3. The van der Waals surface area contributed by atoms with Crippen molar-refractivity contribution >= 4 is 38.6 Å². The first-order chi connectivity index (χ1) is 19.8. The Kier molecular flexibility index (Phi) is 8.13. The van der Waals surface area contributed by atoms with Gasteiger partial charge >= 0.3 is 0 Å². The Morgan fingerprint density at radius 3 is 2.59 bits per heavy atom. The molecule has 1 aliphatic heterocycles. The summed E-state index contributed by atoms with van der Waals surface area (Å²) >= 11 is 0. The van der Waals surface area contributed by atoms with Crippen LogP contribution in [-0.2, 0) is 14.8 Å². The molecule has 11 nitrogen and oxygen atoms in total. The molecule has 1 amide bonds. The zero-order valence-corrected chi connectivity index (χ0v) is 24.3. The Morgan fingerprint density at radius 1 is 1.10 bits per heavy atom. The topological polar surface area (TPSA) is 125 Å². The van der Waals surface area contributed by atoms with Crippen LogP contribution in [0.15, 0.2) is 59.6 Å². The number of ether oxygens (including phenoxy) is 3. The lowest BCUT2D eigenvalue weighted by molar-refractivity contribution is 0.0630. The van der Waals surface area contributed by atoms with E-state index in [1.807, 2.05) is 18.7 Å². The molecule has 216 valence electrons. The monoisotopic (exact) mass is 579 g/mol. The Labute approximate surface area is 239 Å². The van der Waals surface area contributed by atoms with Crippen molar-refractivity contribution in [3.05, 3.63) is 65.9 Å². The number of benzene rings is 2. The van der Waals surface area contributed by atoms with E-state index in [1.165, 1.54) is 13.3 Å². The molecule has 12 heteroatoms. The zero-order chi connectivity index (χ0) is 29.1. The summed E-state index contributed by atoms with van der Waals surface area (Å²) in [5.41, 5.74) is 2.10. The molecular formula is C29H33N5O6S. The van der Waals surface area contributed by atoms with E-state index < -0.39 is 10.0 Å². The number of anilines is 2. The van der Waals surface area contributed by atoms with Crippen molar-refractivity contribution in [2.45, 2.75) is 37.6 Å².